The van der Waals surface area contributed by atoms with Gasteiger partial charge in [0.15, 0.2) is 11.4 Å². The van der Waals surface area contributed by atoms with E-state index in [4.69, 9.17) is 65.7 Å². The van der Waals surface area contributed by atoms with E-state index in [1.165, 1.54) is 30.3 Å². The van der Waals surface area contributed by atoms with Crippen LogP contribution in [0.1, 0.15) is 87.5 Å². The number of hydrogen-bond acceptors (Lipinski definition) is 7. The average Bonchev–Trinajstić information content (AvgIpc) is 3.77. The van der Waals surface area contributed by atoms with Crippen LogP contribution in [0, 0.1) is 25.5 Å². The summed E-state index contributed by atoms with van der Waals surface area (Å²) >= 11 is 24.5. The molecule has 0 radical (unpaired) electrons. The van der Waals surface area contributed by atoms with Gasteiger partial charge < -0.3 is 19.3 Å². The zero-order valence-corrected chi connectivity index (χ0v) is 34.9. The molecule has 2 heterocycles. The fraction of sp³-hybridized carbons (Fsp3) is 0.238. The van der Waals surface area contributed by atoms with Crippen LogP contribution < -0.4 is 9.47 Å². The summed E-state index contributed by atoms with van der Waals surface area (Å²) in [7, 11) is 0. The maximum Gasteiger partial charge on any atom is 0.358 e. The third-order valence-electron chi connectivity index (χ3n) is 8.92. The number of esters is 1. The molecule has 0 saturated carbocycles. The van der Waals surface area contributed by atoms with Gasteiger partial charge in [0.2, 0.25) is 0 Å². The fourth-order valence-electron chi connectivity index (χ4n) is 5.98. The number of carboxylic acids is 1. The van der Waals surface area contributed by atoms with Crippen LogP contribution in [0.25, 0.3) is 0 Å². The maximum atomic E-state index is 13.3. The van der Waals surface area contributed by atoms with Gasteiger partial charge in [-0.3, -0.25) is 9.36 Å². The topological polar surface area (TPSA) is 118 Å². The summed E-state index contributed by atoms with van der Waals surface area (Å²) in [6.07, 6.45) is 0. The summed E-state index contributed by atoms with van der Waals surface area (Å²) in [5.41, 5.74) is 4.49. The van der Waals surface area contributed by atoms with Crippen LogP contribution in [-0.2, 0) is 18.0 Å². The molecule has 6 aromatic rings. The van der Waals surface area contributed by atoms with E-state index in [1.807, 2.05) is 20.8 Å². The average molecular weight is 875 g/mol. The van der Waals surface area contributed by atoms with Gasteiger partial charge in [-0.1, -0.05) is 58.5 Å². The number of halogens is 6. The molecule has 304 valence electrons. The van der Waals surface area contributed by atoms with Crippen molar-refractivity contribution in [2.75, 3.05) is 6.61 Å². The van der Waals surface area contributed by atoms with Crippen molar-refractivity contribution < 1.29 is 37.7 Å². The quantitative estimate of drug-likeness (QED) is 0.114. The molecule has 16 heteroatoms. The van der Waals surface area contributed by atoms with Gasteiger partial charge in [0.25, 0.3) is 0 Å². The first-order chi connectivity index (χ1) is 27.6. The van der Waals surface area contributed by atoms with Crippen LogP contribution in [0.4, 0.5) is 8.78 Å². The van der Waals surface area contributed by atoms with Gasteiger partial charge >= 0.3 is 11.9 Å². The lowest BCUT2D eigenvalue weighted by atomic mass is 10.1. The molecule has 2 unspecified atom stereocenters. The summed E-state index contributed by atoms with van der Waals surface area (Å²) in [6.45, 7) is 9.75. The number of aromatic nitrogens is 4. The number of hydrogen-bond donors (Lipinski definition) is 1. The summed E-state index contributed by atoms with van der Waals surface area (Å²) in [4.78, 5) is 23.2. The van der Waals surface area contributed by atoms with Gasteiger partial charge in [-0.25, -0.2) is 18.4 Å². The Hall–Kier alpha value is -5.14. The highest BCUT2D eigenvalue weighted by molar-refractivity contribution is 6.32. The molecule has 0 fully saturated rings. The maximum absolute atomic E-state index is 13.3. The van der Waals surface area contributed by atoms with Gasteiger partial charge in [-0.15, -0.1) is 0 Å². The van der Waals surface area contributed by atoms with Crippen molar-refractivity contribution in [2.45, 2.75) is 59.9 Å². The van der Waals surface area contributed by atoms with E-state index in [9.17, 15) is 18.4 Å². The standard InChI is InChI=1S/C22H21Cl2FN2O3.C20H17Cl2FN2O3/c1-4-29-22(28)20-9-13(2)27(26-20)14(3)18-10-16(23)6-8-21(18)30-12-15-5-7-17(25)11-19(15)24;1-11-7-18(20(26)27)24-25(11)12(2)16-8-14(21)4-6-19(16)28-10-13-3-5-15(23)9-17(13)22/h5-11,14H,4,12H2,1-3H3;3-9,12H,10H2,1-2H3,(H,26,27). The molecule has 2 atom stereocenters. The van der Waals surface area contributed by atoms with Crippen molar-refractivity contribution in [1.82, 2.24) is 19.6 Å². The number of ether oxygens (including phenoxy) is 3. The van der Waals surface area contributed by atoms with E-state index < -0.39 is 23.6 Å². The van der Waals surface area contributed by atoms with Crippen molar-refractivity contribution in [3.8, 4) is 11.5 Å². The molecule has 10 nitrogen and oxygen atoms in total. The third kappa shape index (κ3) is 10.9. The number of nitrogens with zero attached hydrogens (tertiary/aromatic N) is 4. The van der Waals surface area contributed by atoms with Crippen molar-refractivity contribution in [3.63, 3.8) is 0 Å². The number of carbonyl (C=O) groups is 2. The predicted octanol–water partition coefficient (Wildman–Crippen LogP) is 11.5. The first-order valence-electron chi connectivity index (χ1n) is 17.8. The van der Waals surface area contributed by atoms with E-state index in [-0.39, 0.29) is 48.3 Å². The molecule has 0 aliphatic heterocycles. The minimum Gasteiger partial charge on any atom is -0.488 e. The van der Waals surface area contributed by atoms with E-state index >= 15 is 0 Å². The second kappa shape index (κ2) is 19.5. The minimum atomic E-state index is -1.09. The van der Waals surface area contributed by atoms with Crippen LogP contribution >= 0.6 is 46.4 Å². The molecule has 58 heavy (non-hydrogen) atoms. The van der Waals surface area contributed by atoms with Crippen molar-refractivity contribution in [3.05, 3.63) is 162 Å². The Balaban J connectivity index is 0.000000221. The monoisotopic (exact) mass is 872 g/mol. The number of rotatable bonds is 13. The van der Waals surface area contributed by atoms with Crippen molar-refractivity contribution in [1.29, 1.82) is 0 Å². The Morgan fingerprint density at radius 2 is 1.10 bits per heavy atom. The molecule has 0 spiro atoms. The highest BCUT2D eigenvalue weighted by Crippen LogP contribution is 2.34. The first-order valence-corrected chi connectivity index (χ1v) is 19.3. The number of aromatic carboxylic acids is 1. The summed E-state index contributed by atoms with van der Waals surface area (Å²) in [5, 5.41) is 19.3. The van der Waals surface area contributed by atoms with Gasteiger partial charge in [-0.05, 0) is 107 Å². The molecule has 1 N–H and O–H groups in total. The lowest BCUT2D eigenvalue weighted by Gasteiger charge is -2.19. The van der Waals surface area contributed by atoms with E-state index in [1.54, 1.807) is 77.8 Å². The van der Waals surface area contributed by atoms with Crippen molar-refractivity contribution in [2.24, 2.45) is 0 Å². The predicted molar refractivity (Wildman–Crippen MR) is 219 cm³/mol. The molecule has 0 aliphatic rings. The van der Waals surface area contributed by atoms with E-state index in [2.05, 4.69) is 10.2 Å². The Morgan fingerprint density at radius 3 is 1.50 bits per heavy atom. The highest BCUT2D eigenvalue weighted by Gasteiger charge is 2.22. The number of aryl methyl sites for hydroxylation is 2. The SMILES string of the molecule is CCOC(=O)c1cc(C)n(C(C)c2cc(Cl)ccc2OCc2ccc(F)cc2Cl)n1.Cc1cc(C(=O)O)nn1C(C)c1cc(Cl)ccc1OCc1ccc(F)cc1Cl. The van der Waals surface area contributed by atoms with Gasteiger partial charge in [-0.2, -0.15) is 10.2 Å². The summed E-state index contributed by atoms with van der Waals surface area (Å²) < 4.78 is 46.7. The zero-order valence-electron chi connectivity index (χ0n) is 31.9. The highest BCUT2D eigenvalue weighted by atomic mass is 35.5. The lowest BCUT2D eigenvalue weighted by Crippen LogP contribution is -2.13. The third-order valence-corrected chi connectivity index (χ3v) is 10.1. The summed E-state index contributed by atoms with van der Waals surface area (Å²) in [5.74, 6) is -1.26. The minimum absolute atomic E-state index is 0.0352. The number of benzene rings is 4. The molecule has 2 aromatic heterocycles. The normalized spacial score (nSPS) is 12.0. The molecule has 4 aromatic carbocycles. The Morgan fingerprint density at radius 1 is 0.672 bits per heavy atom. The Kier molecular flexibility index (Phi) is 14.8. The van der Waals surface area contributed by atoms with E-state index in [0.29, 0.717) is 43.4 Å². The van der Waals surface area contributed by atoms with Crippen LogP contribution in [0.15, 0.2) is 84.9 Å². The molecule has 0 saturated heterocycles. The van der Waals surface area contributed by atoms with Crippen LogP contribution in [0.5, 0.6) is 11.5 Å². The molecular formula is C42H38Cl4F2N4O6. The Labute approximate surface area is 353 Å². The fourth-order valence-corrected chi connectivity index (χ4v) is 6.78. The molecule has 6 rings (SSSR count). The second-order valence-corrected chi connectivity index (χ2v) is 14.7. The van der Waals surface area contributed by atoms with E-state index in [0.717, 1.165) is 16.8 Å². The summed E-state index contributed by atoms with van der Waals surface area (Å²) in [6, 6.07) is 21.3. The molecule has 0 bridgehead atoms. The molecular weight excluding hydrogens is 836 g/mol. The second-order valence-electron chi connectivity index (χ2n) is 13.0. The molecule has 0 amide bonds. The zero-order chi connectivity index (χ0) is 42.3. The number of carboxylic acid groups (broad SMARTS) is 1. The van der Waals surface area contributed by atoms with Crippen molar-refractivity contribution >= 4 is 58.3 Å². The van der Waals surface area contributed by atoms with Gasteiger partial charge in [0, 0.05) is 43.7 Å². The van der Waals surface area contributed by atoms with Gasteiger partial charge in [0.05, 0.1) is 28.7 Å². The largest absolute Gasteiger partial charge is 0.488 e. The smallest absolute Gasteiger partial charge is 0.358 e. The van der Waals surface area contributed by atoms with Crippen LogP contribution in [0.3, 0.4) is 0 Å². The van der Waals surface area contributed by atoms with Gasteiger partial charge in [0.1, 0.15) is 36.3 Å². The first kappa shape index (κ1) is 44.0. The molecule has 0 aliphatic carbocycles. The lowest BCUT2D eigenvalue weighted by molar-refractivity contribution is 0.0517. The number of carbonyl (C=O) groups excluding carboxylic acids is 1. The Bertz CT molecular complexity index is 2440. The van der Waals surface area contributed by atoms with Crippen LogP contribution in [-0.4, -0.2) is 43.2 Å². The van der Waals surface area contributed by atoms with Crippen LogP contribution in [0.2, 0.25) is 20.1 Å².